The lowest BCUT2D eigenvalue weighted by molar-refractivity contribution is -0.137. The molecule has 1 rings (SSSR count). The van der Waals surface area contributed by atoms with Crippen molar-refractivity contribution >= 4 is 29.2 Å². The molecular weight excluding hydrogens is 318 g/mol. The molecule has 0 bridgehead atoms. The number of halogens is 1. The Morgan fingerprint density at radius 1 is 1.35 bits per heavy atom. The van der Waals surface area contributed by atoms with Crippen LogP contribution in [0.25, 0.3) is 0 Å². The van der Waals surface area contributed by atoms with Crippen molar-refractivity contribution in [3.05, 3.63) is 46.1 Å². The lowest BCUT2D eigenvalue weighted by Gasteiger charge is -2.16. The Morgan fingerprint density at radius 2 is 1.96 bits per heavy atom. The monoisotopic (exact) mass is 337 g/mol. The molecule has 0 saturated carbocycles. The minimum absolute atomic E-state index is 0.0641. The highest BCUT2D eigenvalue weighted by Crippen LogP contribution is 2.17. The van der Waals surface area contributed by atoms with E-state index in [1.165, 1.54) is 0 Å². The first-order valence-corrected chi connectivity index (χ1v) is 7.38. The van der Waals surface area contributed by atoms with E-state index in [2.05, 4.69) is 5.32 Å². The van der Waals surface area contributed by atoms with Gasteiger partial charge < -0.3 is 15.8 Å². The van der Waals surface area contributed by atoms with Crippen LogP contribution in [0.2, 0.25) is 5.02 Å². The van der Waals surface area contributed by atoms with Crippen LogP contribution in [-0.4, -0.2) is 31.2 Å². The molecule has 0 saturated heterocycles. The topological polar surface area (TPSA) is 105 Å². The molecule has 4 N–H and O–H groups in total. The highest BCUT2D eigenvalue weighted by Gasteiger charge is 2.23. The highest BCUT2D eigenvalue weighted by molar-refractivity contribution is 6.34. The molecule has 23 heavy (non-hydrogen) atoms. The molecule has 0 unspecified atom stereocenters. The van der Waals surface area contributed by atoms with Gasteiger partial charge in [0.05, 0.1) is 5.02 Å². The van der Waals surface area contributed by atoms with Crippen LogP contribution >= 0.6 is 11.6 Å². The Bertz CT molecular complexity index is 654. The van der Waals surface area contributed by atoms with Crippen LogP contribution in [0.3, 0.4) is 0 Å². The molecule has 0 atom stereocenters. The molecule has 0 amide bonds. The molecule has 6 nitrogen and oxygen atoms in total. The fraction of sp³-hybridized carbons (Fsp3) is 0.312. The number of Topliss-reactive ketones (excluding diaryl/α,β-unsaturated/α-hetero) is 1. The zero-order valence-electron chi connectivity index (χ0n) is 13.3. The third kappa shape index (κ3) is 4.82. The first-order valence-electron chi connectivity index (χ1n) is 7.00. The van der Waals surface area contributed by atoms with Gasteiger partial charge in [-0.05, 0) is 18.1 Å². The van der Waals surface area contributed by atoms with E-state index in [9.17, 15) is 9.59 Å². The van der Waals surface area contributed by atoms with Crippen LogP contribution in [0.4, 0.5) is 0 Å². The van der Waals surface area contributed by atoms with Gasteiger partial charge in [-0.15, -0.1) is 0 Å². The standard InChI is InChI=1S/C16H20ClN3O3/c1-9(2)14(20-3)13(15(18)19)16(22)23-8-12(21)10-6-4-5-7-11(10)17/h4-7,9,20H,8H2,1-3H3,(H3,18,19)/b14-13+. The number of carbonyl (C=O) groups excluding carboxylic acids is 2. The Labute approximate surface area is 140 Å². The number of hydrogen-bond donors (Lipinski definition) is 3. The zero-order chi connectivity index (χ0) is 17.6. The number of ether oxygens (including phenoxy) is 1. The summed E-state index contributed by atoms with van der Waals surface area (Å²) in [6.45, 7) is 3.21. The summed E-state index contributed by atoms with van der Waals surface area (Å²) in [5.41, 5.74) is 6.15. The lowest BCUT2D eigenvalue weighted by Crippen LogP contribution is -2.30. The average molecular weight is 338 g/mol. The maximum atomic E-state index is 12.2. The molecular formula is C16H20ClN3O3. The third-order valence-corrected chi connectivity index (χ3v) is 3.43. The van der Waals surface area contributed by atoms with Crippen LogP contribution in [0.5, 0.6) is 0 Å². The Balaban J connectivity index is 2.91. The van der Waals surface area contributed by atoms with E-state index in [1.54, 1.807) is 31.3 Å². The van der Waals surface area contributed by atoms with Gasteiger partial charge in [-0.2, -0.15) is 0 Å². The zero-order valence-corrected chi connectivity index (χ0v) is 14.0. The maximum absolute atomic E-state index is 12.2. The molecule has 0 fully saturated rings. The molecule has 0 heterocycles. The minimum atomic E-state index is -0.823. The second-order valence-corrected chi connectivity index (χ2v) is 5.49. The summed E-state index contributed by atoms with van der Waals surface area (Å²) in [5.74, 6) is -1.73. The van der Waals surface area contributed by atoms with Crippen molar-refractivity contribution in [2.75, 3.05) is 13.7 Å². The van der Waals surface area contributed by atoms with Gasteiger partial charge in [-0.25, -0.2) is 4.79 Å². The van der Waals surface area contributed by atoms with Crippen molar-refractivity contribution in [1.82, 2.24) is 5.32 Å². The smallest absolute Gasteiger partial charge is 0.344 e. The van der Waals surface area contributed by atoms with Crippen molar-refractivity contribution < 1.29 is 14.3 Å². The molecule has 0 aromatic heterocycles. The van der Waals surface area contributed by atoms with E-state index in [0.29, 0.717) is 5.70 Å². The second kappa shape index (κ2) is 8.33. The van der Waals surface area contributed by atoms with E-state index in [0.717, 1.165) is 0 Å². The van der Waals surface area contributed by atoms with Crippen molar-refractivity contribution in [2.45, 2.75) is 13.8 Å². The first-order chi connectivity index (χ1) is 10.8. The molecule has 1 aromatic rings. The van der Waals surface area contributed by atoms with Gasteiger partial charge in [0, 0.05) is 18.3 Å². The number of hydrogen-bond acceptors (Lipinski definition) is 5. The van der Waals surface area contributed by atoms with E-state index < -0.39 is 24.2 Å². The fourth-order valence-corrected chi connectivity index (χ4v) is 2.28. The summed E-state index contributed by atoms with van der Waals surface area (Å²) >= 11 is 5.93. The number of rotatable bonds is 7. The van der Waals surface area contributed by atoms with Gasteiger partial charge in [0.1, 0.15) is 11.4 Å². The van der Waals surface area contributed by atoms with Crippen LogP contribution < -0.4 is 11.1 Å². The number of allylic oxidation sites excluding steroid dienone is 1. The molecule has 1 aromatic carbocycles. The number of ketones is 1. The number of nitrogens with two attached hydrogens (primary N) is 1. The first kappa shape index (κ1) is 18.7. The predicted octanol–water partition coefficient (Wildman–Crippen LogP) is 2.13. The number of esters is 1. The normalized spacial score (nSPS) is 11.7. The third-order valence-electron chi connectivity index (χ3n) is 3.10. The van der Waals surface area contributed by atoms with Crippen LogP contribution in [-0.2, 0) is 9.53 Å². The Kier molecular flexibility index (Phi) is 6.78. The van der Waals surface area contributed by atoms with Gasteiger partial charge >= 0.3 is 5.97 Å². The quantitative estimate of drug-likeness (QED) is 0.232. The summed E-state index contributed by atoms with van der Waals surface area (Å²) in [6.07, 6.45) is 0. The second-order valence-electron chi connectivity index (χ2n) is 5.09. The van der Waals surface area contributed by atoms with Gasteiger partial charge in [0.15, 0.2) is 6.61 Å². The van der Waals surface area contributed by atoms with E-state index in [-0.39, 0.29) is 22.1 Å². The number of benzene rings is 1. The van der Waals surface area contributed by atoms with Gasteiger partial charge in [0.25, 0.3) is 0 Å². The SMILES string of the molecule is CN/C(=C(\C(=N)N)C(=O)OCC(=O)c1ccccc1Cl)C(C)C. The van der Waals surface area contributed by atoms with Gasteiger partial charge in [-0.3, -0.25) is 10.2 Å². The largest absolute Gasteiger partial charge is 0.454 e. The average Bonchev–Trinajstić information content (AvgIpc) is 2.49. The number of amidine groups is 1. The summed E-state index contributed by atoms with van der Waals surface area (Å²) in [7, 11) is 1.63. The molecule has 0 aliphatic rings. The van der Waals surface area contributed by atoms with Crippen molar-refractivity contribution in [3.63, 3.8) is 0 Å². The summed E-state index contributed by atoms with van der Waals surface area (Å²) < 4.78 is 5.00. The summed E-state index contributed by atoms with van der Waals surface area (Å²) in [5, 5.41) is 10.7. The molecule has 0 spiro atoms. The van der Waals surface area contributed by atoms with E-state index in [4.69, 9.17) is 27.5 Å². The minimum Gasteiger partial charge on any atom is -0.454 e. The Morgan fingerprint density at radius 3 is 2.43 bits per heavy atom. The summed E-state index contributed by atoms with van der Waals surface area (Å²) in [4.78, 5) is 24.2. The van der Waals surface area contributed by atoms with E-state index in [1.807, 2.05) is 13.8 Å². The molecule has 0 aliphatic heterocycles. The molecule has 0 radical (unpaired) electrons. The summed E-state index contributed by atoms with van der Waals surface area (Å²) in [6, 6.07) is 6.49. The predicted molar refractivity (Wildman–Crippen MR) is 89.6 cm³/mol. The molecule has 124 valence electrons. The fourth-order valence-electron chi connectivity index (χ4n) is 2.04. The molecule has 0 aliphatic carbocycles. The molecule has 7 heteroatoms. The van der Waals surface area contributed by atoms with Crippen molar-refractivity contribution in [2.24, 2.45) is 11.7 Å². The van der Waals surface area contributed by atoms with Crippen molar-refractivity contribution in [3.8, 4) is 0 Å². The Hall–Kier alpha value is -2.34. The van der Waals surface area contributed by atoms with Crippen LogP contribution in [0.1, 0.15) is 24.2 Å². The number of nitrogens with one attached hydrogen (secondary N) is 2. The van der Waals surface area contributed by atoms with Gasteiger partial charge in [0.2, 0.25) is 5.78 Å². The number of carbonyl (C=O) groups is 2. The van der Waals surface area contributed by atoms with Gasteiger partial charge in [-0.1, -0.05) is 37.6 Å². The van der Waals surface area contributed by atoms with Crippen LogP contribution in [0, 0.1) is 11.3 Å². The highest BCUT2D eigenvalue weighted by atomic mass is 35.5. The van der Waals surface area contributed by atoms with Crippen LogP contribution in [0.15, 0.2) is 35.5 Å². The van der Waals surface area contributed by atoms with E-state index >= 15 is 0 Å². The maximum Gasteiger partial charge on any atom is 0.344 e. The van der Waals surface area contributed by atoms with Crippen molar-refractivity contribution in [1.29, 1.82) is 5.41 Å². The lowest BCUT2D eigenvalue weighted by atomic mass is 10.0.